The maximum absolute atomic E-state index is 14.1. The van der Waals surface area contributed by atoms with Crippen LogP contribution in [-0.4, -0.2) is 51.4 Å². The Morgan fingerprint density at radius 1 is 0.951 bits per heavy atom. The first-order chi connectivity index (χ1) is 19.6. The van der Waals surface area contributed by atoms with Gasteiger partial charge in [0.25, 0.3) is 10.0 Å². The van der Waals surface area contributed by atoms with Crippen LogP contribution in [0, 0.1) is 0 Å². The van der Waals surface area contributed by atoms with Crippen LogP contribution >= 0.6 is 23.2 Å². The molecular formula is C30H35Cl2N3O5S. The lowest BCUT2D eigenvalue weighted by molar-refractivity contribution is -0.140. The lowest BCUT2D eigenvalue weighted by Gasteiger charge is -2.33. The van der Waals surface area contributed by atoms with E-state index < -0.39 is 28.5 Å². The minimum Gasteiger partial charge on any atom is -0.497 e. The molecule has 220 valence electrons. The van der Waals surface area contributed by atoms with E-state index in [1.807, 2.05) is 13.8 Å². The number of hydrogen-bond donors (Lipinski definition) is 1. The molecule has 3 rings (SSSR count). The Bertz CT molecular complexity index is 1420. The number of carbonyl (C=O) groups is 2. The zero-order valence-electron chi connectivity index (χ0n) is 23.3. The van der Waals surface area contributed by atoms with Crippen molar-refractivity contribution < 1.29 is 22.7 Å². The van der Waals surface area contributed by atoms with E-state index >= 15 is 0 Å². The molecule has 0 bridgehead atoms. The van der Waals surface area contributed by atoms with Gasteiger partial charge in [0.1, 0.15) is 18.3 Å². The zero-order valence-corrected chi connectivity index (χ0v) is 25.7. The van der Waals surface area contributed by atoms with E-state index in [9.17, 15) is 18.0 Å². The molecule has 0 aliphatic heterocycles. The van der Waals surface area contributed by atoms with Crippen molar-refractivity contribution in [2.24, 2.45) is 0 Å². The van der Waals surface area contributed by atoms with Gasteiger partial charge in [-0.3, -0.25) is 13.9 Å². The predicted molar refractivity (Wildman–Crippen MR) is 163 cm³/mol. The van der Waals surface area contributed by atoms with Crippen LogP contribution in [0.1, 0.15) is 38.7 Å². The summed E-state index contributed by atoms with van der Waals surface area (Å²) in [5.41, 5.74) is 0.962. The summed E-state index contributed by atoms with van der Waals surface area (Å²) in [5, 5.41) is 3.75. The van der Waals surface area contributed by atoms with E-state index in [-0.39, 0.29) is 23.0 Å². The highest BCUT2D eigenvalue weighted by Gasteiger charge is 2.33. The number of hydrogen-bond acceptors (Lipinski definition) is 5. The van der Waals surface area contributed by atoms with E-state index in [1.165, 1.54) is 42.3 Å². The molecule has 8 nitrogen and oxygen atoms in total. The van der Waals surface area contributed by atoms with Crippen LogP contribution in [0.4, 0.5) is 5.69 Å². The molecule has 1 N–H and O–H groups in total. The Balaban J connectivity index is 2.03. The average Bonchev–Trinajstić information content (AvgIpc) is 2.96. The van der Waals surface area contributed by atoms with Gasteiger partial charge in [-0.05, 0) is 73.0 Å². The van der Waals surface area contributed by atoms with Crippen molar-refractivity contribution in [2.45, 2.75) is 50.6 Å². The Labute approximate surface area is 252 Å². The molecule has 0 saturated heterocycles. The second-order valence-electron chi connectivity index (χ2n) is 9.38. The Kier molecular flexibility index (Phi) is 11.9. The number of ether oxygens (including phenoxy) is 1. The van der Waals surface area contributed by atoms with Gasteiger partial charge in [-0.25, -0.2) is 8.42 Å². The molecule has 3 aromatic carbocycles. The minimum absolute atomic E-state index is 0.0281. The van der Waals surface area contributed by atoms with Crippen molar-refractivity contribution in [1.82, 2.24) is 10.2 Å². The molecule has 41 heavy (non-hydrogen) atoms. The first-order valence-corrected chi connectivity index (χ1v) is 15.5. The molecule has 0 radical (unpaired) electrons. The van der Waals surface area contributed by atoms with E-state index in [2.05, 4.69) is 5.32 Å². The third-order valence-corrected chi connectivity index (χ3v) is 8.78. The van der Waals surface area contributed by atoms with Gasteiger partial charge in [-0.2, -0.15) is 0 Å². The van der Waals surface area contributed by atoms with Gasteiger partial charge in [-0.1, -0.05) is 61.7 Å². The summed E-state index contributed by atoms with van der Waals surface area (Å²) in [6.45, 7) is 3.85. The molecule has 0 saturated carbocycles. The van der Waals surface area contributed by atoms with E-state index in [4.69, 9.17) is 27.9 Å². The summed E-state index contributed by atoms with van der Waals surface area (Å²) >= 11 is 12.3. The normalized spacial score (nSPS) is 11.9. The second kappa shape index (κ2) is 15.1. The van der Waals surface area contributed by atoms with E-state index in [0.29, 0.717) is 28.8 Å². The third-order valence-electron chi connectivity index (χ3n) is 6.50. The standard InChI is InChI=1S/C30H35Cl2N3O5S/c1-4-6-18-33-30(37)28(5-2)34(20-22-10-12-23(31)13-11-22)29(36)21-35(25-9-7-8-24(32)19-25)41(38,39)27-16-14-26(40-3)15-17-27/h7-17,19,28H,4-6,18,20-21H2,1-3H3,(H,33,37)/t28-/m1/s1. The van der Waals surface area contributed by atoms with E-state index in [0.717, 1.165) is 22.7 Å². The van der Waals surface area contributed by atoms with Crippen molar-refractivity contribution in [3.63, 3.8) is 0 Å². The number of anilines is 1. The summed E-state index contributed by atoms with van der Waals surface area (Å²) in [6.07, 6.45) is 2.04. The number of nitrogens with zero attached hydrogens (tertiary/aromatic N) is 2. The topological polar surface area (TPSA) is 96.0 Å². The third kappa shape index (κ3) is 8.61. The number of methoxy groups -OCH3 is 1. The monoisotopic (exact) mass is 619 g/mol. The summed E-state index contributed by atoms with van der Waals surface area (Å²) in [6, 6.07) is 18.3. The average molecular weight is 621 g/mol. The molecule has 3 aromatic rings. The fourth-order valence-electron chi connectivity index (χ4n) is 4.25. The van der Waals surface area contributed by atoms with Crippen LogP contribution in [0.3, 0.4) is 0 Å². The van der Waals surface area contributed by atoms with Crippen LogP contribution in [-0.2, 0) is 26.2 Å². The molecule has 0 aromatic heterocycles. The lowest BCUT2D eigenvalue weighted by atomic mass is 10.1. The van der Waals surface area contributed by atoms with Crippen molar-refractivity contribution in [3.05, 3.63) is 88.4 Å². The fraction of sp³-hybridized carbons (Fsp3) is 0.333. The first kappa shape index (κ1) is 32.2. The molecule has 2 amide bonds. The molecule has 1 atom stereocenters. The van der Waals surface area contributed by atoms with Gasteiger partial charge < -0.3 is 15.0 Å². The van der Waals surface area contributed by atoms with E-state index in [1.54, 1.807) is 42.5 Å². The van der Waals surface area contributed by atoms with Gasteiger partial charge in [0.15, 0.2) is 0 Å². The van der Waals surface area contributed by atoms with Crippen molar-refractivity contribution >= 4 is 50.7 Å². The summed E-state index contributed by atoms with van der Waals surface area (Å²) < 4.78 is 34.0. The number of unbranched alkanes of at least 4 members (excludes halogenated alkanes) is 1. The quantitative estimate of drug-likeness (QED) is 0.226. The lowest BCUT2D eigenvalue weighted by Crippen LogP contribution is -2.52. The largest absolute Gasteiger partial charge is 0.497 e. The molecule has 0 aliphatic rings. The fourth-order valence-corrected chi connectivity index (χ4v) is 5.96. The highest BCUT2D eigenvalue weighted by atomic mass is 35.5. The van der Waals surface area contributed by atoms with Crippen molar-refractivity contribution in [1.29, 1.82) is 0 Å². The molecular weight excluding hydrogens is 585 g/mol. The number of amides is 2. The number of carbonyl (C=O) groups excluding carboxylic acids is 2. The maximum Gasteiger partial charge on any atom is 0.264 e. The van der Waals surface area contributed by atoms with Gasteiger partial charge in [-0.15, -0.1) is 0 Å². The molecule has 0 spiro atoms. The second-order valence-corrected chi connectivity index (χ2v) is 12.1. The number of benzene rings is 3. The van der Waals surface area contributed by atoms with Gasteiger partial charge in [0, 0.05) is 23.1 Å². The van der Waals surface area contributed by atoms with Crippen molar-refractivity contribution in [3.8, 4) is 5.75 Å². The maximum atomic E-state index is 14.1. The molecule has 0 unspecified atom stereocenters. The summed E-state index contributed by atoms with van der Waals surface area (Å²) in [5.74, 6) is -0.353. The van der Waals surface area contributed by atoms with Crippen LogP contribution in [0.2, 0.25) is 10.0 Å². The Morgan fingerprint density at radius 3 is 2.22 bits per heavy atom. The molecule has 0 aliphatic carbocycles. The van der Waals surface area contributed by atoms with Gasteiger partial charge in [0.2, 0.25) is 11.8 Å². The van der Waals surface area contributed by atoms with Crippen LogP contribution in [0.5, 0.6) is 5.75 Å². The number of rotatable bonds is 14. The first-order valence-electron chi connectivity index (χ1n) is 13.3. The highest BCUT2D eigenvalue weighted by molar-refractivity contribution is 7.92. The number of nitrogens with one attached hydrogen (secondary N) is 1. The molecule has 11 heteroatoms. The SMILES string of the molecule is CCCCNC(=O)[C@@H](CC)N(Cc1ccc(Cl)cc1)C(=O)CN(c1cccc(Cl)c1)S(=O)(=O)c1ccc(OC)cc1. The zero-order chi connectivity index (χ0) is 30.0. The van der Waals surface area contributed by atoms with Gasteiger partial charge in [0.05, 0.1) is 17.7 Å². The molecule has 0 heterocycles. The van der Waals surface area contributed by atoms with Crippen LogP contribution < -0.4 is 14.4 Å². The highest BCUT2D eigenvalue weighted by Crippen LogP contribution is 2.28. The molecule has 0 fully saturated rings. The minimum atomic E-state index is -4.22. The van der Waals surface area contributed by atoms with Crippen LogP contribution in [0.15, 0.2) is 77.7 Å². The predicted octanol–water partition coefficient (Wildman–Crippen LogP) is 5.92. The summed E-state index contributed by atoms with van der Waals surface area (Å²) in [4.78, 5) is 28.7. The Morgan fingerprint density at radius 2 is 1.63 bits per heavy atom. The number of halogens is 2. The van der Waals surface area contributed by atoms with Crippen LogP contribution in [0.25, 0.3) is 0 Å². The number of sulfonamides is 1. The summed E-state index contributed by atoms with van der Waals surface area (Å²) in [7, 11) is -2.74. The van der Waals surface area contributed by atoms with Gasteiger partial charge >= 0.3 is 0 Å². The van der Waals surface area contributed by atoms with Crippen molar-refractivity contribution in [2.75, 3.05) is 24.5 Å². The smallest absolute Gasteiger partial charge is 0.264 e. The Hall–Kier alpha value is -3.27.